The maximum atomic E-state index is 12.6. The maximum absolute atomic E-state index is 12.6. The van der Waals surface area contributed by atoms with Crippen molar-refractivity contribution >= 4 is 5.91 Å². The molecule has 2 fully saturated rings. The SMILES string of the molecule is C[C@@H]1CC[C@@H]2[C@@H](C1)O[C@@H](C)C[C@@]2(C)NC(=O)c1ccccc1. The number of carbonyl (C=O) groups excluding carboxylic acids is 1. The Morgan fingerprint density at radius 1 is 1.23 bits per heavy atom. The van der Waals surface area contributed by atoms with E-state index in [1.165, 1.54) is 6.42 Å². The largest absolute Gasteiger partial charge is 0.375 e. The molecular weight excluding hydrogens is 274 g/mol. The van der Waals surface area contributed by atoms with Gasteiger partial charge in [-0.15, -0.1) is 0 Å². The highest BCUT2D eigenvalue weighted by Crippen LogP contribution is 2.43. The predicted molar refractivity (Wildman–Crippen MR) is 87.8 cm³/mol. The Hall–Kier alpha value is -1.35. The summed E-state index contributed by atoms with van der Waals surface area (Å²) in [5.74, 6) is 1.18. The molecule has 0 spiro atoms. The molecule has 1 aliphatic carbocycles. The molecule has 1 heterocycles. The third kappa shape index (κ3) is 3.05. The van der Waals surface area contributed by atoms with Gasteiger partial charge >= 0.3 is 0 Å². The zero-order chi connectivity index (χ0) is 15.7. The Morgan fingerprint density at radius 2 is 1.95 bits per heavy atom. The van der Waals surface area contributed by atoms with E-state index in [2.05, 4.69) is 26.1 Å². The quantitative estimate of drug-likeness (QED) is 0.902. The Morgan fingerprint density at radius 3 is 2.68 bits per heavy atom. The summed E-state index contributed by atoms with van der Waals surface area (Å²) in [5.41, 5.74) is 0.568. The minimum absolute atomic E-state index is 0.0366. The molecule has 22 heavy (non-hydrogen) atoms. The van der Waals surface area contributed by atoms with Gasteiger partial charge in [0, 0.05) is 17.0 Å². The van der Waals surface area contributed by atoms with E-state index in [-0.39, 0.29) is 23.7 Å². The number of ether oxygens (including phenoxy) is 1. The van der Waals surface area contributed by atoms with Gasteiger partial charge in [-0.3, -0.25) is 4.79 Å². The topological polar surface area (TPSA) is 38.3 Å². The van der Waals surface area contributed by atoms with Gasteiger partial charge in [0.15, 0.2) is 0 Å². The Kier molecular flexibility index (Phi) is 4.26. The molecule has 3 nitrogen and oxygen atoms in total. The van der Waals surface area contributed by atoms with Gasteiger partial charge in [0.25, 0.3) is 5.91 Å². The second-order valence-corrected chi connectivity index (χ2v) is 7.45. The van der Waals surface area contributed by atoms with Gasteiger partial charge in [0.05, 0.1) is 12.2 Å². The second-order valence-electron chi connectivity index (χ2n) is 7.45. The third-order valence-electron chi connectivity index (χ3n) is 5.43. The van der Waals surface area contributed by atoms with Gasteiger partial charge in [-0.25, -0.2) is 0 Å². The Bertz CT molecular complexity index is 527. The summed E-state index contributed by atoms with van der Waals surface area (Å²) >= 11 is 0. The number of fused-ring (bicyclic) bond motifs is 1. The second kappa shape index (κ2) is 6.04. The van der Waals surface area contributed by atoms with Gasteiger partial charge in [0.2, 0.25) is 0 Å². The van der Waals surface area contributed by atoms with Crippen molar-refractivity contribution in [3.05, 3.63) is 35.9 Å². The lowest BCUT2D eigenvalue weighted by atomic mass is 9.67. The molecule has 0 unspecified atom stereocenters. The molecule has 5 atom stereocenters. The maximum Gasteiger partial charge on any atom is 0.251 e. The minimum atomic E-state index is -0.171. The number of nitrogens with one attached hydrogen (secondary N) is 1. The molecule has 0 radical (unpaired) electrons. The lowest BCUT2D eigenvalue weighted by molar-refractivity contribution is -0.135. The van der Waals surface area contributed by atoms with Crippen molar-refractivity contribution < 1.29 is 9.53 Å². The lowest BCUT2D eigenvalue weighted by Crippen LogP contribution is -2.61. The highest BCUT2D eigenvalue weighted by molar-refractivity contribution is 5.94. The van der Waals surface area contributed by atoms with Crippen LogP contribution in [-0.2, 0) is 4.74 Å². The van der Waals surface area contributed by atoms with E-state index in [4.69, 9.17) is 4.74 Å². The molecule has 1 aliphatic heterocycles. The predicted octanol–water partition coefficient (Wildman–Crippen LogP) is 3.79. The van der Waals surface area contributed by atoms with Crippen molar-refractivity contribution in [1.29, 1.82) is 0 Å². The van der Waals surface area contributed by atoms with Crippen LogP contribution in [0.5, 0.6) is 0 Å². The summed E-state index contributed by atoms with van der Waals surface area (Å²) in [6.45, 7) is 6.64. The summed E-state index contributed by atoms with van der Waals surface area (Å²) in [5, 5.41) is 3.34. The third-order valence-corrected chi connectivity index (χ3v) is 5.43. The summed E-state index contributed by atoms with van der Waals surface area (Å²) in [6.07, 6.45) is 4.87. The van der Waals surface area contributed by atoms with Crippen molar-refractivity contribution in [2.24, 2.45) is 11.8 Å². The number of hydrogen-bond acceptors (Lipinski definition) is 2. The van der Waals surface area contributed by atoms with E-state index in [1.54, 1.807) is 0 Å². The van der Waals surface area contributed by atoms with Gasteiger partial charge in [0.1, 0.15) is 0 Å². The fraction of sp³-hybridized carbons (Fsp3) is 0.632. The summed E-state index contributed by atoms with van der Waals surface area (Å²) in [7, 11) is 0. The van der Waals surface area contributed by atoms with Crippen LogP contribution in [0.1, 0.15) is 56.8 Å². The van der Waals surface area contributed by atoms with Crippen LogP contribution in [0.3, 0.4) is 0 Å². The minimum Gasteiger partial charge on any atom is -0.375 e. The first kappa shape index (κ1) is 15.5. The van der Waals surface area contributed by atoms with Gasteiger partial charge in [-0.1, -0.05) is 31.5 Å². The molecule has 3 heteroatoms. The van der Waals surface area contributed by atoms with Crippen molar-refractivity contribution in [1.82, 2.24) is 5.32 Å². The standard InChI is InChI=1S/C19H27NO2/c1-13-9-10-16-17(11-13)22-14(2)12-19(16,3)20-18(21)15-7-5-4-6-8-15/h4-8,13-14,16-17H,9-12H2,1-3H3,(H,20,21)/t13-,14+,16-,17-,19-/m1/s1. The highest BCUT2D eigenvalue weighted by atomic mass is 16.5. The zero-order valence-corrected chi connectivity index (χ0v) is 13.8. The van der Waals surface area contributed by atoms with E-state index in [0.717, 1.165) is 30.7 Å². The molecule has 1 saturated carbocycles. The van der Waals surface area contributed by atoms with E-state index in [1.807, 2.05) is 30.3 Å². The first-order valence-corrected chi connectivity index (χ1v) is 8.51. The van der Waals surface area contributed by atoms with Crippen LogP contribution in [0, 0.1) is 11.8 Å². The van der Waals surface area contributed by atoms with Crippen molar-refractivity contribution in [3.8, 4) is 0 Å². The Balaban J connectivity index is 1.79. The summed E-state index contributed by atoms with van der Waals surface area (Å²) in [6, 6.07) is 9.52. The summed E-state index contributed by atoms with van der Waals surface area (Å²) < 4.78 is 6.19. The monoisotopic (exact) mass is 301 g/mol. The van der Waals surface area contributed by atoms with Crippen LogP contribution in [0.2, 0.25) is 0 Å². The van der Waals surface area contributed by atoms with Gasteiger partial charge < -0.3 is 10.1 Å². The zero-order valence-electron chi connectivity index (χ0n) is 13.8. The van der Waals surface area contributed by atoms with E-state index >= 15 is 0 Å². The van der Waals surface area contributed by atoms with Crippen molar-refractivity contribution in [2.75, 3.05) is 0 Å². The average molecular weight is 301 g/mol. The highest BCUT2D eigenvalue weighted by Gasteiger charge is 2.48. The Labute approximate surface area is 133 Å². The lowest BCUT2D eigenvalue weighted by Gasteiger charge is -2.51. The molecule has 120 valence electrons. The number of hydrogen-bond donors (Lipinski definition) is 1. The number of amides is 1. The van der Waals surface area contributed by atoms with Crippen LogP contribution in [0.25, 0.3) is 0 Å². The summed E-state index contributed by atoms with van der Waals surface area (Å²) in [4.78, 5) is 12.6. The first-order chi connectivity index (χ1) is 10.5. The number of benzene rings is 1. The molecule has 1 aromatic rings. The van der Waals surface area contributed by atoms with Crippen LogP contribution in [0.4, 0.5) is 0 Å². The van der Waals surface area contributed by atoms with Crippen molar-refractivity contribution in [3.63, 3.8) is 0 Å². The molecule has 0 aromatic heterocycles. The molecule has 2 aliphatic rings. The van der Waals surface area contributed by atoms with E-state index in [0.29, 0.717) is 5.92 Å². The van der Waals surface area contributed by atoms with Crippen LogP contribution < -0.4 is 5.32 Å². The fourth-order valence-corrected chi connectivity index (χ4v) is 4.37. The number of carbonyl (C=O) groups is 1. The normalized spacial score (nSPS) is 38.1. The molecule has 1 aromatic carbocycles. The van der Waals surface area contributed by atoms with Gasteiger partial charge in [-0.2, -0.15) is 0 Å². The van der Waals surface area contributed by atoms with Crippen LogP contribution >= 0.6 is 0 Å². The van der Waals surface area contributed by atoms with Crippen LogP contribution in [-0.4, -0.2) is 23.7 Å². The molecular formula is C19H27NO2. The molecule has 1 saturated heterocycles. The average Bonchev–Trinajstić information content (AvgIpc) is 2.47. The van der Waals surface area contributed by atoms with E-state index < -0.39 is 0 Å². The van der Waals surface area contributed by atoms with E-state index in [9.17, 15) is 4.79 Å². The molecule has 3 rings (SSSR count). The molecule has 1 N–H and O–H groups in total. The molecule has 1 amide bonds. The van der Waals surface area contributed by atoms with Crippen LogP contribution in [0.15, 0.2) is 30.3 Å². The first-order valence-electron chi connectivity index (χ1n) is 8.51. The smallest absolute Gasteiger partial charge is 0.251 e. The van der Waals surface area contributed by atoms with Crippen molar-refractivity contribution in [2.45, 2.75) is 64.2 Å². The van der Waals surface area contributed by atoms with Gasteiger partial charge in [-0.05, 0) is 51.2 Å². The molecule has 0 bridgehead atoms. The fourth-order valence-electron chi connectivity index (χ4n) is 4.37. The number of rotatable bonds is 2.